The molecule has 1 heterocycles. The molecule has 4 rings (SSSR count). The molecule has 0 unspecified atom stereocenters. The number of nitrogens with zero attached hydrogens (tertiary/aromatic N) is 1. The second-order valence-corrected chi connectivity index (χ2v) is 9.15. The molecule has 33 heavy (non-hydrogen) atoms. The van der Waals surface area contributed by atoms with Crippen LogP contribution in [0, 0.1) is 6.92 Å². The average molecular weight is 498 g/mol. The number of hydrogen-bond donors (Lipinski definition) is 0. The van der Waals surface area contributed by atoms with Crippen LogP contribution in [0.2, 0.25) is 10.0 Å². The van der Waals surface area contributed by atoms with E-state index in [-0.39, 0.29) is 16.7 Å². The standard InChI is InChI=1S/C25H17Cl2NO4S/c1-15-5-8-18(9-6-15)24(30)32-19-4-2-3-16(11-19)13-22-23(29)28(25(31)33-22)14-17-7-10-20(26)21(27)12-17/h2-13H,14H2,1H3/b22-13-. The van der Waals surface area contributed by atoms with Gasteiger partial charge in [-0.15, -0.1) is 0 Å². The number of amides is 2. The first-order valence-electron chi connectivity index (χ1n) is 9.88. The van der Waals surface area contributed by atoms with Gasteiger partial charge in [-0.05, 0) is 72.3 Å². The highest BCUT2D eigenvalue weighted by Crippen LogP contribution is 2.34. The number of hydrogen-bond acceptors (Lipinski definition) is 5. The number of rotatable bonds is 5. The highest BCUT2D eigenvalue weighted by molar-refractivity contribution is 8.18. The molecule has 0 spiro atoms. The second kappa shape index (κ2) is 9.83. The molecule has 0 aliphatic carbocycles. The summed E-state index contributed by atoms with van der Waals surface area (Å²) in [6, 6.07) is 18.8. The third-order valence-corrected chi connectivity index (χ3v) is 6.50. The number of benzene rings is 3. The Kier molecular flexibility index (Phi) is 6.88. The first-order valence-corrected chi connectivity index (χ1v) is 11.5. The Morgan fingerprint density at radius 2 is 1.76 bits per heavy atom. The fourth-order valence-corrected chi connectivity index (χ4v) is 4.29. The predicted octanol–water partition coefficient (Wildman–Crippen LogP) is 6.76. The van der Waals surface area contributed by atoms with E-state index < -0.39 is 11.9 Å². The minimum atomic E-state index is -0.478. The molecule has 0 atom stereocenters. The average Bonchev–Trinajstić information content (AvgIpc) is 3.04. The van der Waals surface area contributed by atoms with Crippen LogP contribution in [0.1, 0.15) is 27.0 Å². The molecule has 1 aliphatic rings. The number of aryl methyl sites for hydroxylation is 1. The van der Waals surface area contributed by atoms with Crippen molar-refractivity contribution >= 4 is 58.2 Å². The van der Waals surface area contributed by atoms with E-state index in [9.17, 15) is 14.4 Å². The van der Waals surface area contributed by atoms with Gasteiger partial charge in [-0.2, -0.15) is 0 Å². The van der Waals surface area contributed by atoms with Crippen molar-refractivity contribution in [2.45, 2.75) is 13.5 Å². The van der Waals surface area contributed by atoms with Crippen LogP contribution in [0.3, 0.4) is 0 Å². The molecule has 3 aromatic carbocycles. The van der Waals surface area contributed by atoms with Crippen molar-refractivity contribution in [2.75, 3.05) is 0 Å². The van der Waals surface area contributed by atoms with Gasteiger partial charge < -0.3 is 4.74 Å². The van der Waals surface area contributed by atoms with E-state index in [0.717, 1.165) is 22.2 Å². The molecular formula is C25H17Cl2NO4S. The summed E-state index contributed by atoms with van der Waals surface area (Å²) in [7, 11) is 0. The lowest BCUT2D eigenvalue weighted by atomic mass is 10.1. The van der Waals surface area contributed by atoms with Crippen molar-refractivity contribution in [3.05, 3.63) is 104 Å². The normalized spacial score (nSPS) is 14.8. The maximum atomic E-state index is 12.8. The molecule has 1 fully saturated rings. The number of carbonyl (C=O) groups is 3. The molecule has 1 aliphatic heterocycles. The van der Waals surface area contributed by atoms with E-state index in [0.29, 0.717) is 32.5 Å². The van der Waals surface area contributed by atoms with Crippen molar-refractivity contribution in [3.63, 3.8) is 0 Å². The van der Waals surface area contributed by atoms with Gasteiger partial charge in [0, 0.05) is 0 Å². The highest BCUT2D eigenvalue weighted by atomic mass is 35.5. The lowest BCUT2D eigenvalue weighted by molar-refractivity contribution is -0.123. The van der Waals surface area contributed by atoms with Crippen molar-refractivity contribution in [2.24, 2.45) is 0 Å². The van der Waals surface area contributed by atoms with Crippen LogP contribution >= 0.6 is 35.0 Å². The van der Waals surface area contributed by atoms with Gasteiger partial charge in [0.05, 0.1) is 27.1 Å². The van der Waals surface area contributed by atoms with E-state index in [1.54, 1.807) is 60.7 Å². The Morgan fingerprint density at radius 3 is 2.48 bits per heavy atom. The van der Waals surface area contributed by atoms with Gasteiger partial charge in [0.25, 0.3) is 11.1 Å². The second-order valence-electron chi connectivity index (χ2n) is 7.34. The molecular weight excluding hydrogens is 481 g/mol. The summed E-state index contributed by atoms with van der Waals surface area (Å²) in [5, 5.41) is 0.380. The molecule has 0 radical (unpaired) electrons. The molecule has 166 valence electrons. The zero-order valence-electron chi connectivity index (χ0n) is 17.4. The summed E-state index contributed by atoms with van der Waals surface area (Å²) in [6.45, 7) is 2.03. The Hall–Kier alpha value is -3.06. The molecule has 5 nitrogen and oxygen atoms in total. The monoisotopic (exact) mass is 497 g/mol. The fourth-order valence-electron chi connectivity index (χ4n) is 3.13. The van der Waals surface area contributed by atoms with Crippen molar-refractivity contribution in [3.8, 4) is 5.75 Å². The molecule has 0 aromatic heterocycles. The SMILES string of the molecule is Cc1ccc(C(=O)Oc2cccc(/C=C3\SC(=O)N(Cc4ccc(Cl)c(Cl)c4)C3=O)c2)cc1. The zero-order valence-corrected chi connectivity index (χ0v) is 19.7. The van der Waals surface area contributed by atoms with E-state index in [1.165, 1.54) is 0 Å². The van der Waals surface area contributed by atoms with Crippen molar-refractivity contribution in [1.82, 2.24) is 4.90 Å². The fraction of sp³-hybridized carbons (Fsp3) is 0.0800. The summed E-state index contributed by atoms with van der Waals surface area (Å²) in [6.07, 6.45) is 1.60. The van der Waals surface area contributed by atoms with Gasteiger partial charge in [0.2, 0.25) is 0 Å². The molecule has 3 aromatic rings. The maximum absolute atomic E-state index is 12.8. The van der Waals surface area contributed by atoms with E-state index in [4.69, 9.17) is 27.9 Å². The summed E-state index contributed by atoms with van der Waals surface area (Å²) >= 11 is 12.8. The molecule has 8 heteroatoms. The molecule has 2 amide bonds. The summed E-state index contributed by atoms with van der Waals surface area (Å²) in [5.41, 5.74) is 2.80. The number of thioether (sulfide) groups is 1. The Morgan fingerprint density at radius 1 is 1.00 bits per heavy atom. The van der Waals surface area contributed by atoms with Gasteiger partial charge in [-0.25, -0.2) is 4.79 Å². The molecule has 0 bridgehead atoms. The van der Waals surface area contributed by atoms with Crippen molar-refractivity contribution in [1.29, 1.82) is 0 Å². The quantitative estimate of drug-likeness (QED) is 0.221. The summed E-state index contributed by atoms with van der Waals surface area (Å²) in [5.74, 6) is -0.545. The third kappa shape index (κ3) is 5.47. The van der Waals surface area contributed by atoms with Gasteiger partial charge in [-0.1, -0.05) is 59.1 Å². The van der Waals surface area contributed by atoms with Crippen molar-refractivity contribution < 1.29 is 19.1 Å². The maximum Gasteiger partial charge on any atom is 0.343 e. The predicted molar refractivity (Wildman–Crippen MR) is 131 cm³/mol. The van der Waals surface area contributed by atoms with Gasteiger partial charge >= 0.3 is 5.97 Å². The smallest absolute Gasteiger partial charge is 0.343 e. The lowest BCUT2D eigenvalue weighted by Crippen LogP contribution is -2.27. The Bertz CT molecular complexity index is 1290. The number of halogens is 2. The zero-order chi connectivity index (χ0) is 23.5. The van der Waals surface area contributed by atoms with E-state index >= 15 is 0 Å². The number of carbonyl (C=O) groups excluding carboxylic acids is 3. The topological polar surface area (TPSA) is 63.7 Å². The minimum absolute atomic E-state index is 0.0904. The number of esters is 1. The van der Waals surface area contributed by atoms with Gasteiger partial charge in [-0.3, -0.25) is 14.5 Å². The van der Waals surface area contributed by atoms with E-state index in [2.05, 4.69) is 0 Å². The van der Waals surface area contributed by atoms with Crippen LogP contribution < -0.4 is 4.74 Å². The van der Waals surface area contributed by atoms with Crippen LogP contribution in [0.25, 0.3) is 6.08 Å². The van der Waals surface area contributed by atoms with Crippen LogP contribution in [0.4, 0.5) is 4.79 Å². The minimum Gasteiger partial charge on any atom is -0.423 e. The summed E-state index contributed by atoms with van der Waals surface area (Å²) in [4.78, 5) is 39.1. The Balaban J connectivity index is 1.49. The first kappa shape index (κ1) is 23.1. The van der Waals surface area contributed by atoms with Crippen LogP contribution in [0.5, 0.6) is 5.75 Å². The van der Waals surface area contributed by atoms with Crippen LogP contribution in [-0.4, -0.2) is 22.0 Å². The molecule has 0 saturated carbocycles. The van der Waals surface area contributed by atoms with Crippen LogP contribution in [0.15, 0.2) is 71.6 Å². The van der Waals surface area contributed by atoms with E-state index in [1.807, 2.05) is 19.1 Å². The van der Waals surface area contributed by atoms with Gasteiger partial charge in [0.1, 0.15) is 5.75 Å². The summed E-state index contributed by atoms with van der Waals surface area (Å²) < 4.78 is 5.45. The lowest BCUT2D eigenvalue weighted by Gasteiger charge is -2.13. The molecule has 1 saturated heterocycles. The third-order valence-electron chi connectivity index (χ3n) is 4.85. The largest absolute Gasteiger partial charge is 0.423 e. The van der Waals surface area contributed by atoms with Gasteiger partial charge in [0.15, 0.2) is 0 Å². The number of ether oxygens (including phenoxy) is 1. The number of imide groups is 1. The first-order chi connectivity index (χ1) is 15.8. The highest BCUT2D eigenvalue weighted by Gasteiger charge is 2.35. The Labute approximate surface area is 204 Å². The molecule has 0 N–H and O–H groups in total. The van der Waals surface area contributed by atoms with Crippen LogP contribution in [-0.2, 0) is 11.3 Å².